The van der Waals surface area contributed by atoms with Gasteiger partial charge < -0.3 is 9.84 Å². The number of halogens is 1. The van der Waals surface area contributed by atoms with Gasteiger partial charge in [-0.2, -0.15) is 5.10 Å². The summed E-state index contributed by atoms with van der Waals surface area (Å²) in [5, 5.41) is 17.7. The van der Waals surface area contributed by atoms with E-state index in [1.165, 1.54) is 12.1 Å². The fraction of sp³-hybridized carbons (Fsp3) is 0.375. The van der Waals surface area contributed by atoms with E-state index in [9.17, 15) is 9.50 Å². The van der Waals surface area contributed by atoms with Crippen molar-refractivity contribution in [1.82, 2.24) is 15.1 Å². The average molecular weight is 410 g/mol. The van der Waals surface area contributed by atoms with Gasteiger partial charge in [-0.3, -0.25) is 10.00 Å². The van der Waals surface area contributed by atoms with E-state index in [4.69, 9.17) is 4.74 Å². The molecule has 2 heterocycles. The van der Waals surface area contributed by atoms with Crippen LogP contribution in [0.4, 0.5) is 4.39 Å². The van der Waals surface area contributed by atoms with Gasteiger partial charge in [-0.15, -0.1) is 0 Å². The van der Waals surface area contributed by atoms with E-state index >= 15 is 0 Å². The summed E-state index contributed by atoms with van der Waals surface area (Å²) in [5.41, 5.74) is 4.07. The molecule has 0 saturated carbocycles. The van der Waals surface area contributed by atoms with Crippen LogP contribution in [0.2, 0.25) is 0 Å². The predicted octanol–water partition coefficient (Wildman–Crippen LogP) is 4.04. The van der Waals surface area contributed by atoms with Crippen LogP contribution in [0.1, 0.15) is 24.0 Å². The van der Waals surface area contributed by atoms with Crippen LogP contribution < -0.4 is 4.74 Å². The zero-order chi connectivity index (χ0) is 21.0. The summed E-state index contributed by atoms with van der Waals surface area (Å²) in [6, 6.07) is 14.6. The van der Waals surface area contributed by atoms with Crippen molar-refractivity contribution in [2.45, 2.75) is 25.8 Å². The first-order valence-electron chi connectivity index (χ1n) is 10.4. The number of aromatic nitrogens is 2. The zero-order valence-corrected chi connectivity index (χ0v) is 17.3. The van der Waals surface area contributed by atoms with Crippen molar-refractivity contribution in [1.29, 1.82) is 0 Å². The summed E-state index contributed by atoms with van der Waals surface area (Å²) in [4.78, 5) is 2.39. The van der Waals surface area contributed by atoms with Crippen molar-refractivity contribution in [3.8, 4) is 17.0 Å². The van der Waals surface area contributed by atoms with E-state index in [0.29, 0.717) is 0 Å². The van der Waals surface area contributed by atoms with Crippen LogP contribution in [0.15, 0.2) is 54.7 Å². The number of hydrogen-bond acceptors (Lipinski definition) is 4. The van der Waals surface area contributed by atoms with Crippen molar-refractivity contribution < 1.29 is 14.2 Å². The quantitative estimate of drug-likeness (QED) is 0.618. The Morgan fingerprint density at radius 1 is 1.17 bits per heavy atom. The Balaban J connectivity index is 1.48. The molecule has 158 valence electrons. The van der Waals surface area contributed by atoms with Gasteiger partial charge in [-0.25, -0.2) is 4.39 Å². The number of benzene rings is 2. The molecule has 4 rings (SSSR count). The number of rotatable bonds is 7. The molecule has 1 fully saturated rings. The van der Waals surface area contributed by atoms with Gasteiger partial charge in [0.25, 0.3) is 0 Å². The fourth-order valence-corrected chi connectivity index (χ4v) is 4.49. The molecule has 1 aliphatic heterocycles. The first-order chi connectivity index (χ1) is 14.6. The van der Waals surface area contributed by atoms with Crippen LogP contribution in [0.25, 0.3) is 11.3 Å². The lowest BCUT2D eigenvalue weighted by Crippen LogP contribution is -2.46. The highest BCUT2D eigenvalue weighted by Gasteiger charge is 2.35. The van der Waals surface area contributed by atoms with Crippen LogP contribution in [-0.2, 0) is 13.0 Å². The van der Waals surface area contributed by atoms with Gasteiger partial charge in [-0.05, 0) is 67.8 Å². The number of aliphatic hydroxyl groups is 1. The second-order valence-electron chi connectivity index (χ2n) is 8.27. The molecule has 0 bridgehead atoms. The molecule has 0 unspecified atom stereocenters. The standard InChI is InChI=1S/C24H28FN3O2/c1-30-22-9-5-19(6-10-22)23-20(14-26-27-23)15-28-12-2-11-24(16-28,17-29)13-18-3-7-21(25)8-4-18/h3-10,14,29H,2,11-13,15-17H2,1H3,(H,26,27)/t24-/m1/s1. The van der Waals surface area contributed by atoms with Crippen molar-refractivity contribution in [2.24, 2.45) is 5.41 Å². The number of methoxy groups -OCH3 is 1. The largest absolute Gasteiger partial charge is 0.497 e. The summed E-state index contributed by atoms with van der Waals surface area (Å²) < 4.78 is 18.5. The van der Waals surface area contributed by atoms with Gasteiger partial charge in [0.2, 0.25) is 0 Å². The van der Waals surface area contributed by atoms with Gasteiger partial charge in [-0.1, -0.05) is 12.1 Å². The molecular weight excluding hydrogens is 381 g/mol. The number of nitrogens with zero attached hydrogens (tertiary/aromatic N) is 2. The highest BCUT2D eigenvalue weighted by Crippen LogP contribution is 2.35. The maximum Gasteiger partial charge on any atom is 0.123 e. The lowest BCUT2D eigenvalue weighted by molar-refractivity contribution is 0.0289. The first-order valence-corrected chi connectivity index (χ1v) is 10.4. The molecular formula is C24H28FN3O2. The summed E-state index contributed by atoms with van der Waals surface area (Å²) in [7, 11) is 1.66. The molecule has 1 atom stereocenters. The molecule has 2 N–H and O–H groups in total. The lowest BCUT2D eigenvalue weighted by Gasteiger charge is -2.42. The fourth-order valence-electron chi connectivity index (χ4n) is 4.49. The normalized spacial score (nSPS) is 19.7. The van der Waals surface area contributed by atoms with Crippen LogP contribution in [0, 0.1) is 11.2 Å². The molecule has 1 saturated heterocycles. The highest BCUT2D eigenvalue weighted by atomic mass is 19.1. The third kappa shape index (κ3) is 4.55. The van der Waals surface area contributed by atoms with Crippen molar-refractivity contribution in [2.75, 3.05) is 26.8 Å². The van der Waals surface area contributed by atoms with Crippen molar-refractivity contribution in [3.63, 3.8) is 0 Å². The minimum Gasteiger partial charge on any atom is -0.497 e. The minimum atomic E-state index is -0.229. The van der Waals surface area contributed by atoms with E-state index in [0.717, 1.165) is 67.0 Å². The van der Waals surface area contributed by atoms with Crippen LogP contribution in [-0.4, -0.2) is 47.0 Å². The molecule has 30 heavy (non-hydrogen) atoms. The average Bonchev–Trinajstić information content (AvgIpc) is 3.24. The molecule has 0 aliphatic carbocycles. The smallest absolute Gasteiger partial charge is 0.123 e. The molecule has 2 aromatic carbocycles. The number of ether oxygens (including phenoxy) is 1. The number of aromatic amines is 1. The van der Waals surface area contributed by atoms with Crippen LogP contribution in [0.3, 0.4) is 0 Å². The zero-order valence-electron chi connectivity index (χ0n) is 17.3. The maximum atomic E-state index is 13.3. The summed E-state index contributed by atoms with van der Waals surface area (Å²) in [6.45, 7) is 2.67. The van der Waals surface area contributed by atoms with Crippen LogP contribution in [0.5, 0.6) is 5.75 Å². The molecule has 0 spiro atoms. The van der Waals surface area contributed by atoms with Gasteiger partial charge in [0.1, 0.15) is 11.6 Å². The van der Waals surface area contributed by atoms with E-state index in [-0.39, 0.29) is 17.8 Å². The Hall–Kier alpha value is -2.70. The Bertz CT molecular complexity index is 955. The summed E-state index contributed by atoms with van der Waals surface area (Å²) in [6.07, 6.45) is 4.62. The Labute approximate surface area is 176 Å². The van der Waals surface area contributed by atoms with E-state index in [1.54, 1.807) is 7.11 Å². The molecule has 0 radical (unpaired) electrons. The number of hydrogen-bond donors (Lipinski definition) is 2. The number of nitrogens with one attached hydrogen (secondary N) is 1. The van der Waals surface area contributed by atoms with Crippen molar-refractivity contribution in [3.05, 3.63) is 71.7 Å². The second-order valence-corrected chi connectivity index (χ2v) is 8.27. The number of piperidine rings is 1. The Morgan fingerprint density at radius 2 is 1.93 bits per heavy atom. The van der Waals surface area contributed by atoms with Gasteiger partial charge in [0.05, 0.1) is 25.6 Å². The van der Waals surface area contributed by atoms with E-state index < -0.39 is 0 Å². The topological polar surface area (TPSA) is 61.4 Å². The number of H-pyrrole nitrogens is 1. The molecule has 3 aromatic rings. The Kier molecular flexibility index (Phi) is 6.16. The minimum absolute atomic E-state index is 0.123. The SMILES string of the molecule is COc1ccc(-c2[nH]ncc2CN2CCC[C@@](CO)(Cc3ccc(F)cc3)C2)cc1. The van der Waals surface area contributed by atoms with E-state index in [2.05, 4.69) is 15.1 Å². The first kappa shape index (κ1) is 20.6. The van der Waals surface area contributed by atoms with Crippen molar-refractivity contribution >= 4 is 0 Å². The third-order valence-corrected chi connectivity index (χ3v) is 6.06. The molecule has 1 aromatic heterocycles. The van der Waals surface area contributed by atoms with Crippen LogP contribution >= 0.6 is 0 Å². The predicted molar refractivity (Wildman–Crippen MR) is 115 cm³/mol. The molecule has 1 aliphatic rings. The highest BCUT2D eigenvalue weighted by molar-refractivity contribution is 5.63. The third-order valence-electron chi connectivity index (χ3n) is 6.06. The summed E-state index contributed by atoms with van der Waals surface area (Å²) in [5.74, 6) is 0.595. The van der Waals surface area contributed by atoms with Gasteiger partial charge in [0.15, 0.2) is 0 Å². The molecule has 6 heteroatoms. The van der Waals surface area contributed by atoms with Gasteiger partial charge in [0, 0.05) is 29.6 Å². The number of aliphatic hydroxyl groups excluding tert-OH is 1. The maximum absolute atomic E-state index is 13.3. The lowest BCUT2D eigenvalue weighted by atomic mass is 9.75. The second kappa shape index (κ2) is 8.98. The van der Waals surface area contributed by atoms with E-state index in [1.807, 2.05) is 42.6 Å². The van der Waals surface area contributed by atoms with Gasteiger partial charge >= 0.3 is 0 Å². The Morgan fingerprint density at radius 3 is 2.63 bits per heavy atom. The number of likely N-dealkylation sites (tertiary alicyclic amines) is 1. The summed E-state index contributed by atoms with van der Waals surface area (Å²) >= 11 is 0. The molecule has 5 nitrogen and oxygen atoms in total. The molecule has 0 amide bonds. The monoisotopic (exact) mass is 409 g/mol.